The van der Waals surface area contributed by atoms with Crippen LogP contribution in [0.2, 0.25) is 0 Å². The standard InChI is InChI=1S/C8H19N3O2/c1-6(4-8(13)10-9)11(3)5-7(2)12/h6-7,12H,4-5,9H2,1-3H3,(H,10,13). The molecule has 78 valence electrons. The molecule has 0 aliphatic rings. The smallest absolute Gasteiger partial charge is 0.235 e. The fourth-order valence-corrected chi connectivity index (χ4v) is 1.08. The summed E-state index contributed by atoms with van der Waals surface area (Å²) in [5.74, 6) is 4.76. The van der Waals surface area contributed by atoms with Gasteiger partial charge in [0.25, 0.3) is 0 Å². The minimum absolute atomic E-state index is 0.0816. The minimum Gasteiger partial charge on any atom is -0.392 e. The molecule has 5 nitrogen and oxygen atoms in total. The van der Waals surface area contributed by atoms with Crippen molar-refractivity contribution in [3.05, 3.63) is 0 Å². The molecule has 0 saturated carbocycles. The first-order chi connectivity index (χ1) is 5.97. The van der Waals surface area contributed by atoms with Gasteiger partial charge >= 0.3 is 0 Å². The predicted octanol–water partition coefficient (Wildman–Crippen LogP) is -0.932. The number of nitrogens with zero attached hydrogens (tertiary/aromatic N) is 1. The van der Waals surface area contributed by atoms with Gasteiger partial charge in [0.1, 0.15) is 0 Å². The molecule has 0 aromatic rings. The highest BCUT2D eigenvalue weighted by Gasteiger charge is 2.14. The summed E-state index contributed by atoms with van der Waals surface area (Å²) >= 11 is 0. The van der Waals surface area contributed by atoms with Crippen molar-refractivity contribution >= 4 is 5.91 Å². The Kier molecular flexibility index (Phi) is 5.61. The van der Waals surface area contributed by atoms with Gasteiger partial charge in [-0.1, -0.05) is 0 Å². The van der Waals surface area contributed by atoms with E-state index in [4.69, 9.17) is 10.9 Å². The molecular formula is C8H19N3O2. The number of amides is 1. The zero-order valence-electron chi connectivity index (χ0n) is 8.45. The number of likely N-dealkylation sites (N-methyl/N-ethyl adjacent to an activating group) is 1. The molecule has 0 aromatic heterocycles. The highest BCUT2D eigenvalue weighted by molar-refractivity contribution is 5.75. The number of hydrogen-bond acceptors (Lipinski definition) is 4. The molecule has 13 heavy (non-hydrogen) atoms. The van der Waals surface area contributed by atoms with Crippen LogP contribution in [0.4, 0.5) is 0 Å². The monoisotopic (exact) mass is 189 g/mol. The fourth-order valence-electron chi connectivity index (χ4n) is 1.08. The zero-order valence-corrected chi connectivity index (χ0v) is 8.45. The maximum Gasteiger partial charge on any atom is 0.235 e. The molecule has 1 amide bonds. The number of aliphatic hydroxyl groups excluding tert-OH is 1. The molecule has 5 heteroatoms. The Hall–Kier alpha value is -0.650. The van der Waals surface area contributed by atoms with E-state index in [1.165, 1.54) is 0 Å². The molecular weight excluding hydrogens is 170 g/mol. The van der Waals surface area contributed by atoms with Crippen LogP contribution >= 0.6 is 0 Å². The van der Waals surface area contributed by atoms with Crippen LogP contribution in [0, 0.1) is 0 Å². The van der Waals surface area contributed by atoms with Crippen molar-refractivity contribution in [1.82, 2.24) is 10.3 Å². The lowest BCUT2D eigenvalue weighted by Gasteiger charge is -2.24. The summed E-state index contributed by atoms with van der Waals surface area (Å²) < 4.78 is 0. The number of carbonyl (C=O) groups is 1. The van der Waals surface area contributed by atoms with Gasteiger partial charge in [0, 0.05) is 19.0 Å². The summed E-state index contributed by atoms with van der Waals surface area (Å²) in [6.45, 7) is 4.18. The largest absolute Gasteiger partial charge is 0.392 e. The lowest BCUT2D eigenvalue weighted by Crippen LogP contribution is -2.40. The Balaban J connectivity index is 3.81. The van der Waals surface area contributed by atoms with Crippen molar-refractivity contribution in [2.45, 2.75) is 32.4 Å². The van der Waals surface area contributed by atoms with Crippen molar-refractivity contribution in [3.63, 3.8) is 0 Å². The lowest BCUT2D eigenvalue weighted by molar-refractivity contribution is -0.122. The number of hydrazine groups is 1. The summed E-state index contributed by atoms with van der Waals surface area (Å²) in [5, 5.41) is 9.10. The Labute approximate surface area is 78.9 Å². The topological polar surface area (TPSA) is 78.6 Å². The Morgan fingerprint density at radius 3 is 2.54 bits per heavy atom. The van der Waals surface area contributed by atoms with Gasteiger partial charge in [0.05, 0.1) is 6.10 Å². The second-order valence-electron chi connectivity index (χ2n) is 3.41. The first-order valence-corrected chi connectivity index (χ1v) is 4.35. The van der Waals surface area contributed by atoms with E-state index in [2.05, 4.69) is 5.43 Å². The van der Waals surface area contributed by atoms with Crippen LogP contribution < -0.4 is 11.3 Å². The van der Waals surface area contributed by atoms with Crippen molar-refractivity contribution < 1.29 is 9.90 Å². The quantitative estimate of drug-likeness (QED) is 0.296. The van der Waals surface area contributed by atoms with Gasteiger partial charge in [-0.25, -0.2) is 5.84 Å². The third-order valence-electron chi connectivity index (χ3n) is 1.95. The Morgan fingerprint density at radius 2 is 2.15 bits per heavy atom. The number of hydrogen-bond donors (Lipinski definition) is 3. The first-order valence-electron chi connectivity index (χ1n) is 4.35. The summed E-state index contributed by atoms with van der Waals surface area (Å²) in [5.41, 5.74) is 2.08. The average molecular weight is 189 g/mol. The maximum absolute atomic E-state index is 10.9. The molecule has 0 bridgehead atoms. The minimum atomic E-state index is -0.381. The van der Waals surface area contributed by atoms with Crippen LogP contribution in [0.1, 0.15) is 20.3 Å². The summed E-state index contributed by atoms with van der Waals surface area (Å²) in [6.07, 6.45) is -0.0342. The third kappa shape index (κ3) is 5.57. The van der Waals surface area contributed by atoms with Crippen molar-refractivity contribution in [1.29, 1.82) is 0 Å². The summed E-state index contributed by atoms with van der Waals surface area (Å²) in [4.78, 5) is 12.8. The summed E-state index contributed by atoms with van der Waals surface area (Å²) in [7, 11) is 1.86. The van der Waals surface area contributed by atoms with Gasteiger partial charge in [-0.3, -0.25) is 10.2 Å². The van der Waals surface area contributed by atoms with Gasteiger partial charge in [-0.2, -0.15) is 0 Å². The molecule has 2 atom stereocenters. The van der Waals surface area contributed by atoms with E-state index in [1.807, 2.05) is 18.9 Å². The van der Waals surface area contributed by atoms with Gasteiger partial charge in [-0.05, 0) is 20.9 Å². The van der Waals surface area contributed by atoms with Crippen LogP contribution in [0.5, 0.6) is 0 Å². The van der Waals surface area contributed by atoms with Crippen LogP contribution in [0.25, 0.3) is 0 Å². The molecule has 0 heterocycles. The predicted molar refractivity (Wildman–Crippen MR) is 50.7 cm³/mol. The normalized spacial score (nSPS) is 15.5. The molecule has 0 saturated heterocycles. The highest BCUT2D eigenvalue weighted by Crippen LogP contribution is 2.01. The van der Waals surface area contributed by atoms with E-state index >= 15 is 0 Å². The second-order valence-corrected chi connectivity index (χ2v) is 3.41. The highest BCUT2D eigenvalue weighted by atomic mass is 16.3. The lowest BCUT2D eigenvalue weighted by atomic mass is 10.2. The number of nitrogens with two attached hydrogens (primary N) is 1. The van der Waals surface area contributed by atoms with Crippen molar-refractivity contribution in [3.8, 4) is 0 Å². The fraction of sp³-hybridized carbons (Fsp3) is 0.875. The molecule has 0 aliphatic carbocycles. The van der Waals surface area contributed by atoms with E-state index in [0.717, 1.165) is 0 Å². The van der Waals surface area contributed by atoms with Crippen LogP contribution in [-0.4, -0.2) is 41.7 Å². The molecule has 0 rings (SSSR count). The molecule has 0 aliphatic heterocycles. The Morgan fingerprint density at radius 1 is 1.62 bits per heavy atom. The van der Waals surface area contributed by atoms with Crippen molar-refractivity contribution in [2.24, 2.45) is 5.84 Å². The maximum atomic E-state index is 10.9. The van der Waals surface area contributed by atoms with Gasteiger partial charge in [0.15, 0.2) is 0 Å². The number of rotatable bonds is 5. The van der Waals surface area contributed by atoms with Gasteiger partial charge in [-0.15, -0.1) is 0 Å². The molecule has 4 N–H and O–H groups in total. The zero-order chi connectivity index (χ0) is 10.4. The van der Waals surface area contributed by atoms with Crippen molar-refractivity contribution in [2.75, 3.05) is 13.6 Å². The molecule has 0 fully saturated rings. The number of nitrogens with one attached hydrogen (secondary N) is 1. The second kappa shape index (κ2) is 5.90. The van der Waals surface area contributed by atoms with E-state index in [9.17, 15) is 4.79 Å². The SMILES string of the molecule is CC(O)CN(C)C(C)CC(=O)NN. The number of aliphatic hydroxyl groups is 1. The molecule has 2 unspecified atom stereocenters. The first kappa shape index (κ1) is 12.3. The van der Waals surface area contributed by atoms with E-state index < -0.39 is 0 Å². The van der Waals surface area contributed by atoms with E-state index in [0.29, 0.717) is 13.0 Å². The van der Waals surface area contributed by atoms with Crippen LogP contribution in [0.3, 0.4) is 0 Å². The Bertz CT molecular complexity index is 161. The van der Waals surface area contributed by atoms with Gasteiger partial charge < -0.3 is 10.0 Å². The van der Waals surface area contributed by atoms with Gasteiger partial charge in [0.2, 0.25) is 5.91 Å². The third-order valence-corrected chi connectivity index (χ3v) is 1.95. The molecule has 0 aromatic carbocycles. The average Bonchev–Trinajstić information content (AvgIpc) is 2.02. The number of carbonyl (C=O) groups excluding carboxylic acids is 1. The molecule has 0 radical (unpaired) electrons. The van der Waals surface area contributed by atoms with E-state index in [1.54, 1.807) is 6.92 Å². The summed E-state index contributed by atoms with van der Waals surface area (Å²) in [6, 6.07) is 0.0816. The van der Waals surface area contributed by atoms with Crippen LogP contribution in [0.15, 0.2) is 0 Å². The van der Waals surface area contributed by atoms with Crippen LogP contribution in [-0.2, 0) is 4.79 Å². The van der Waals surface area contributed by atoms with E-state index in [-0.39, 0.29) is 18.1 Å². The molecule has 0 spiro atoms.